The first-order valence-electron chi connectivity index (χ1n) is 6.12. The van der Waals surface area contributed by atoms with Crippen LogP contribution in [0, 0.1) is 6.92 Å². The SMILES string of the molecule is CCOC(=O)c1nc(C)c(-c2cccs2)n1OCC. The fraction of sp³-hybridized carbons (Fsp3) is 0.385. The van der Waals surface area contributed by atoms with Crippen LogP contribution < -0.4 is 4.84 Å². The molecule has 2 aromatic rings. The summed E-state index contributed by atoms with van der Waals surface area (Å²) in [6.45, 7) is 6.24. The van der Waals surface area contributed by atoms with Crippen LogP contribution in [-0.4, -0.2) is 28.9 Å². The fourth-order valence-corrected chi connectivity index (χ4v) is 2.58. The lowest BCUT2D eigenvalue weighted by Crippen LogP contribution is -2.20. The Hall–Kier alpha value is -1.82. The second-order valence-corrected chi connectivity index (χ2v) is 4.73. The molecule has 0 unspecified atom stereocenters. The van der Waals surface area contributed by atoms with E-state index >= 15 is 0 Å². The summed E-state index contributed by atoms with van der Waals surface area (Å²) in [6, 6.07) is 3.92. The molecular weight excluding hydrogens is 264 g/mol. The molecule has 0 amide bonds. The molecule has 2 rings (SSSR count). The van der Waals surface area contributed by atoms with Gasteiger partial charge >= 0.3 is 5.97 Å². The highest BCUT2D eigenvalue weighted by Gasteiger charge is 2.23. The maximum absolute atomic E-state index is 11.9. The minimum absolute atomic E-state index is 0.185. The van der Waals surface area contributed by atoms with Crippen LogP contribution in [-0.2, 0) is 4.74 Å². The van der Waals surface area contributed by atoms with Crippen molar-refractivity contribution in [2.45, 2.75) is 20.8 Å². The number of rotatable bonds is 5. The summed E-state index contributed by atoms with van der Waals surface area (Å²) in [7, 11) is 0. The molecule has 0 aliphatic heterocycles. The summed E-state index contributed by atoms with van der Waals surface area (Å²) in [4.78, 5) is 22.7. The summed E-state index contributed by atoms with van der Waals surface area (Å²) in [5.74, 6) is -0.286. The maximum Gasteiger partial charge on any atom is 0.377 e. The summed E-state index contributed by atoms with van der Waals surface area (Å²) in [5.41, 5.74) is 1.55. The number of carbonyl (C=O) groups excluding carboxylic acids is 1. The van der Waals surface area contributed by atoms with Crippen molar-refractivity contribution in [3.63, 3.8) is 0 Å². The van der Waals surface area contributed by atoms with Crippen LogP contribution in [0.5, 0.6) is 0 Å². The van der Waals surface area contributed by atoms with Gasteiger partial charge in [0.15, 0.2) is 0 Å². The number of hydrogen-bond acceptors (Lipinski definition) is 5. The molecule has 6 heteroatoms. The molecule has 0 N–H and O–H groups in total. The molecule has 2 aromatic heterocycles. The number of imidazole rings is 1. The van der Waals surface area contributed by atoms with Crippen molar-refractivity contribution in [3.8, 4) is 10.6 Å². The molecule has 0 spiro atoms. The first-order chi connectivity index (χ1) is 9.19. The van der Waals surface area contributed by atoms with E-state index in [4.69, 9.17) is 9.57 Å². The lowest BCUT2D eigenvalue weighted by molar-refractivity contribution is 0.0441. The second-order valence-electron chi connectivity index (χ2n) is 3.78. The van der Waals surface area contributed by atoms with E-state index in [1.165, 1.54) is 4.73 Å². The van der Waals surface area contributed by atoms with Crippen LogP contribution >= 0.6 is 11.3 Å². The number of hydrogen-bond donors (Lipinski definition) is 0. The van der Waals surface area contributed by atoms with Crippen LogP contribution in [0.15, 0.2) is 17.5 Å². The van der Waals surface area contributed by atoms with Gasteiger partial charge in [0.1, 0.15) is 12.3 Å². The second kappa shape index (κ2) is 5.88. The predicted octanol–water partition coefficient (Wildman–Crippen LogP) is 2.55. The van der Waals surface area contributed by atoms with Gasteiger partial charge in [-0.1, -0.05) is 6.07 Å². The Labute approximate surface area is 115 Å². The van der Waals surface area contributed by atoms with Gasteiger partial charge in [0.2, 0.25) is 0 Å². The Morgan fingerprint density at radius 3 is 2.79 bits per heavy atom. The summed E-state index contributed by atoms with van der Waals surface area (Å²) in [6.07, 6.45) is 0. The van der Waals surface area contributed by atoms with Gasteiger partial charge in [-0.25, -0.2) is 9.78 Å². The molecule has 0 radical (unpaired) electrons. The minimum Gasteiger partial charge on any atom is -0.460 e. The molecule has 5 nitrogen and oxygen atoms in total. The molecule has 0 fully saturated rings. The summed E-state index contributed by atoms with van der Waals surface area (Å²) in [5, 5.41) is 1.97. The third-order valence-corrected chi connectivity index (χ3v) is 3.36. The molecule has 0 bridgehead atoms. The van der Waals surface area contributed by atoms with Crippen LogP contribution in [0.4, 0.5) is 0 Å². The van der Waals surface area contributed by atoms with E-state index in [2.05, 4.69) is 4.98 Å². The van der Waals surface area contributed by atoms with E-state index in [1.807, 2.05) is 31.4 Å². The normalized spacial score (nSPS) is 10.5. The molecule has 0 saturated heterocycles. The van der Waals surface area contributed by atoms with E-state index in [0.717, 1.165) is 16.3 Å². The minimum atomic E-state index is -0.471. The first-order valence-corrected chi connectivity index (χ1v) is 7.00. The molecule has 0 aliphatic rings. The molecule has 0 aliphatic carbocycles. The van der Waals surface area contributed by atoms with Crippen molar-refractivity contribution in [1.29, 1.82) is 0 Å². The van der Waals surface area contributed by atoms with Crippen LogP contribution in [0.2, 0.25) is 0 Å². The molecule has 19 heavy (non-hydrogen) atoms. The number of ether oxygens (including phenoxy) is 1. The maximum atomic E-state index is 11.9. The lowest BCUT2D eigenvalue weighted by atomic mass is 10.3. The zero-order valence-corrected chi connectivity index (χ0v) is 12.0. The van der Waals surface area contributed by atoms with Crippen LogP contribution in [0.3, 0.4) is 0 Å². The van der Waals surface area contributed by atoms with E-state index in [1.54, 1.807) is 18.3 Å². The summed E-state index contributed by atoms with van der Waals surface area (Å²) >= 11 is 1.58. The molecule has 0 atom stereocenters. The number of aryl methyl sites for hydroxylation is 1. The lowest BCUT2D eigenvalue weighted by Gasteiger charge is -2.10. The van der Waals surface area contributed by atoms with E-state index in [-0.39, 0.29) is 5.82 Å². The van der Waals surface area contributed by atoms with Gasteiger partial charge < -0.3 is 9.57 Å². The Morgan fingerprint density at radius 1 is 1.42 bits per heavy atom. The van der Waals surface area contributed by atoms with Crippen molar-refractivity contribution in [2.75, 3.05) is 13.2 Å². The van der Waals surface area contributed by atoms with Crippen molar-refractivity contribution >= 4 is 17.3 Å². The predicted molar refractivity (Wildman–Crippen MR) is 73.4 cm³/mol. The monoisotopic (exact) mass is 280 g/mol. The average Bonchev–Trinajstić information content (AvgIpc) is 2.98. The fourth-order valence-electron chi connectivity index (χ4n) is 1.78. The molecule has 0 saturated carbocycles. The van der Waals surface area contributed by atoms with E-state index in [0.29, 0.717) is 13.2 Å². The number of nitrogens with zero attached hydrogens (tertiary/aromatic N) is 2. The Morgan fingerprint density at radius 2 is 2.21 bits per heavy atom. The van der Waals surface area contributed by atoms with Gasteiger partial charge in [-0.2, -0.15) is 4.73 Å². The van der Waals surface area contributed by atoms with Gasteiger partial charge in [-0.15, -0.1) is 11.3 Å². The summed E-state index contributed by atoms with van der Waals surface area (Å²) < 4.78 is 6.47. The molecule has 0 aromatic carbocycles. The van der Waals surface area contributed by atoms with Crippen molar-refractivity contribution in [2.24, 2.45) is 0 Å². The highest BCUT2D eigenvalue weighted by Crippen LogP contribution is 2.28. The number of esters is 1. The molecule has 102 valence electrons. The Balaban J connectivity index is 2.51. The van der Waals surface area contributed by atoms with Gasteiger partial charge in [0, 0.05) is 0 Å². The molecule has 2 heterocycles. The number of carbonyl (C=O) groups is 1. The Kier molecular flexibility index (Phi) is 4.21. The highest BCUT2D eigenvalue weighted by molar-refractivity contribution is 7.13. The third kappa shape index (κ3) is 2.63. The van der Waals surface area contributed by atoms with Gasteiger partial charge in [0.25, 0.3) is 5.82 Å². The zero-order valence-electron chi connectivity index (χ0n) is 11.2. The largest absolute Gasteiger partial charge is 0.460 e. The van der Waals surface area contributed by atoms with Crippen molar-refractivity contribution in [1.82, 2.24) is 9.71 Å². The zero-order chi connectivity index (χ0) is 13.8. The number of thiophene rings is 1. The van der Waals surface area contributed by atoms with E-state index < -0.39 is 5.97 Å². The highest BCUT2D eigenvalue weighted by atomic mass is 32.1. The third-order valence-electron chi connectivity index (χ3n) is 2.48. The average molecular weight is 280 g/mol. The quantitative estimate of drug-likeness (QED) is 0.790. The van der Waals surface area contributed by atoms with Crippen molar-refractivity contribution < 1.29 is 14.4 Å². The molecular formula is C13H16N2O3S. The van der Waals surface area contributed by atoms with Gasteiger partial charge in [-0.05, 0) is 32.2 Å². The van der Waals surface area contributed by atoms with Gasteiger partial charge in [0.05, 0.1) is 17.2 Å². The van der Waals surface area contributed by atoms with Crippen LogP contribution in [0.1, 0.15) is 30.2 Å². The standard InChI is InChI=1S/C13H16N2O3S/c1-4-17-13(16)12-14-9(3)11(15(12)18-5-2)10-7-6-8-19-10/h6-8H,4-5H2,1-3H3. The first kappa shape index (κ1) is 13.6. The smallest absolute Gasteiger partial charge is 0.377 e. The number of aromatic nitrogens is 2. The topological polar surface area (TPSA) is 53.3 Å². The van der Waals surface area contributed by atoms with Crippen LogP contribution in [0.25, 0.3) is 10.6 Å². The van der Waals surface area contributed by atoms with Crippen molar-refractivity contribution in [3.05, 3.63) is 29.0 Å². The van der Waals surface area contributed by atoms with Gasteiger partial charge in [-0.3, -0.25) is 0 Å². The van der Waals surface area contributed by atoms with E-state index in [9.17, 15) is 4.79 Å². The Bertz CT molecular complexity index is 561.